The van der Waals surface area contributed by atoms with Crippen LogP contribution in [0.4, 0.5) is 10.1 Å². The van der Waals surface area contributed by atoms with Crippen LogP contribution < -0.4 is 19.1 Å². The Kier molecular flexibility index (Phi) is 8.05. The number of sulfonamides is 1. The van der Waals surface area contributed by atoms with Gasteiger partial charge in [0.1, 0.15) is 17.3 Å². The third-order valence-corrected chi connectivity index (χ3v) is 5.75. The minimum Gasteiger partial charge on any atom is -0.497 e. The number of nitrogens with zero attached hydrogens (tertiary/aromatic N) is 1. The molecule has 0 spiro atoms. The molecule has 2 rings (SSSR count). The summed E-state index contributed by atoms with van der Waals surface area (Å²) in [5.41, 5.74) is 0.726. The van der Waals surface area contributed by atoms with Crippen LogP contribution in [-0.4, -0.2) is 41.3 Å². The molecule has 30 heavy (non-hydrogen) atoms. The average molecular weight is 439 g/mol. The summed E-state index contributed by atoms with van der Waals surface area (Å²) in [5.74, 6) is 0.368. The topological polar surface area (TPSA) is 84.9 Å². The Morgan fingerprint density at radius 3 is 2.47 bits per heavy atom. The van der Waals surface area contributed by atoms with Gasteiger partial charge in [-0.05, 0) is 43.7 Å². The molecular formula is C21H27FN2O5S. The second-order valence-electron chi connectivity index (χ2n) is 6.79. The van der Waals surface area contributed by atoms with E-state index in [1.807, 2.05) is 6.92 Å². The van der Waals surface area contributed by atoms with Gasteiger partial charge in [0.25, 0.3) is 0 Å². The summed E-state index contributed by atoms with van der Waals surface area (Å²) in [6.45, 7) is 1.81. The summed E-state index contributed by atoms with van der Waals surface area (Å²) >= 11 is 0. The van der Waals surface area contributed by atoms with Crippen molar-refractivity contribution in [1.29, 1.82) is 0 Å². The number of carbonyl (C=O) groups excluding carboxylic acids is 1. The first-order valence-electron chi connectivity index (χ1n) is 9.41. The lowest BCUT2D eigenvalue weighted by molar-refractivity contribution is -0.121. The van der Waals surface area contributed by atoms with Crippen molar-refractivity contribution >= 4 is 21.6 Å². The molecule has 0 unspecified atom stereocenters. The molecular weight excluding hydrogens is 411 g/mol. The summed E-state index contributed by atoms with van der Waals surface area (Å²) in [6.07, 6.45) is 1.32. The third kappa shape index (κ3) is 6.09. The minimum absolute atomic E-state index is 0.00987. The molecule has 1 N–H and O–H groups in total. The van der Waals surface area contributed by atoms with Crippen LogP contribution in [0.25, 0.3) is 0 Å². The van der Waals surface area contributed by atoms with Crippen LogP contribution in [0.15, 0.2) is 42.5 Å². The molecule has 164 valence electrons. The van der Waals surface area contributed by atoms with Gasteiger partial charge in [-0.25, -0.2) is 12.8 Å². The van der Waals surface area contributed by atoms with Crippen molar-refractivity contribution in [3.8, 4) is 11.5 Å². The van der Waals surface area contributed by atoms with Gasteiger partial charge in [-0.1, -0.05) is 12.1 Å². The number of halogens is 1. The third-order valence-electron chi connectivity index (χ3n) is 4.57. The normalized spacial score (nSPS) is 12.2. The second-order valence-corrected chi connectivity index (χ2v) is 8.69. The first kappa shape index (κ1) is 23.5. The first-order chi connectivity index (χ1) is 14.2. The van der Waals surface area contributed by atoms with E-state index in [2.05, 4.69) is 5.32 Å². The highest BCUT2D eigenvalue weighted by atomic mass is 32.2. The SMILES string of the molecule is COc1ccc(OC)c([C@H](C)NC(=O)CCCN(c2ccccc2F)S(C)(=O)=O)c1. The van der Waals surface area contributed by atoms with Gasteiger partial charge in [0, 0.05) is 18.5 Å². The monoisotopic (exact) mass is 438 g/mol. The molecule has 0 heterocycles. The van der Waals surface area contributed by atoms with Gasteiger partial charge in [-0.3, -0.25) is 9.10 Å². The number of hydrogen-bond acceptors (Lipinski definition) is 5. The molecule has 0 radical (unpaired) electrons. The van der Waals surface area contributed by atoms with Crippen molar-refractivity contribution in [2.24, 2.45) is 0 Å². The number of ether oxygens (including phenoxy) is 2. The lowest BCUT2D eigenvalue weighted by Crippen LogP contribution is -2.33. The summed E-state index contributed by atoms with van der Waals surface area (Å²) in [5, 5.41) is 2.87. The van der Waals surface area contributed by atoms with Gasteiger partial charge in [-0.2, -0.15) is 0 Å². The number of carbonyl (C=O) groups is 1. The molecule has 0 saturated carbocycles. The van der Waals surface area contributed by atoms with Crippen molar-refractivity contribution in [2.45, 2.75) is 25.8 Å². The fraction of sp³-hybridized carbons (Fsp3) is 0.381. The van der Waals surface area contributed by atoms with Crippen LogP contribution in [0.5, 0.6) is 11.5 Å². The Hall–Kier alpha value is -2.81. The molecule has 1 atom stereocenters. The molecule has 1 amide bonds. The number of benzene rings is 2. The molecule has 2 aromatic carbocycles. The fourth-order valence-electron chi connectivity index (χ4n) is 3.07. The predicted molar refractivity (Wildman–Crippen MR) is 114 cm³/mol. The number of hydrogen-bond donors (Lipinski definition) is 1. The first-order valence-corrected chi connectivity index (χ1v) is 11.3. The number of para-hydroxylation sites is 1. The van der Waals surface area contributed by atoms with Crippen molar-refractivity contribution < 1.29 is 27.1 Å². The molecule has 2 aromatic rings. The van der Waals surface area contributed by atoms with E-state index in [1.165, 1.54) is 18.2 Å². The van der Waals surface area contributed by atoms with Crippen molar-refractivity contribution in [1.82, 2.24) is 5.32 Å². The van der Waals surface area contributed by atoms with Crippen molar-refractivity contribution in [3.63, 3.8) is 0 Å². The van der Waals surface area contributed by atoms with Gasteiger partial charge in [-0.15, -0.1) is 0 Å². The molecule has 0 aliphatic heterocycles. The highest BCUT2D eigenvalue weighted by molar-refractivity contribution is 7.92. The molecule has 0 aromatic heterocycles. The second kappa shape index (κ2) is 10.3. The standard InChI is InChI=1S/C21H27FN2O5S/c1-15(17-14-16(28-2)11-12-20(17)29-3)23-21(25)10-7-13-24(30(4,26)27)19-9-6-5-8-18(19)22/h5-6,8-9,11-12,14-15H,7,10,13H2,1-4H3,(H,23,25)/t15-/m0/s1. The van der Waals surface area contributed by atoms with Gasteiger partial charge in [0.05, 0.1) is 32.2 Å². The molecule has 0 aliphatic rings. The molecule has 0 bridgehead atoms. The Morgan fingerprint density at radius 1 is 1.17 bits per heavy atom. The summed E-state index contributed by atoms with van der Waals surface area (Å²) in [6, 6.07) is 10.6. The Morgan fingerprint density at radius 2 is 1.87 bits per heavy atom. The van der Waals surface area contributed by atoms with Gasteiger partial charge >= 0.3 is 0 Å². The lowest BCUT2D eigenvalue weighted by Gasteiger charge is -2.23. The maximum atomic E-state index is 14.0. The van der Waals surface area contributed by atoms with Crippen LogP contribution in [-0.2, 0) is 14.8 Å². The quantitative estimate of drug-likeness (QED) is 0.615. The highest BCUT2D eigenvalue weighted by Gasteiger charge is 2.21. The van der Waals surface area contributed by atoms with Crippen LogP contribution in [0.3, 0.4) is 0 Å². The number of nitrogens with one attached hydrogen (secondary N) is 1. The van der Waals surface area contributed by atoms with Gasteiger partial charge in [0.15, 0.2) is 0 Å². The molecule has 7 nitrogen and oxygen atoms in total. The summed E-state index contributed by atoms with van der Waals surface area (Å²) < 4.78 is 49.8. The highest BCUT2D eigenvalue weighted by Crippen LogP contribution is 2.29. The van der Waals surface area contributed by atoms with E-state index in [-0.39, 0.29) is 37.0 Å². The van der Waals surface area contributed by atoms with E-state index >= 15 is 0 Å². The van der Waals surface area contributed by atoms with Crippen LogP contribution in [0.1, 0.15) is 31.4 Å². The minimum atomic E-state index is -3.69. The number of anilines is 1. The molecule has 0 aliphatic carbocycles. The van der Waals surface area contributed by atoms with E-state index in [9.17, 15) is 17.6 Å². The van der Waals surface area contributed by atoms with E-state index in [1.54, 1.807) is 38.5 Å². The number of methoxy groups -OCH3 is 2. The van der Waals surface area contributed by atoms with Crippen LogP contribution in [0, 0.1) is 5.82 Å². The van der Waals surface area contributed by atoms with Crippen LogP contribution in [0.2, 0.25) is 0 Å². The number of amides is 1. The zero-order valence-corrected chi connectivity index (χ0v) is 18.3. The maximum Gasteiger partial charge on any atom is 0.232 e. The summed E-state index contributed by atoms with van der Waals surface area (Å²) in [7, 11) is -0.592. The predicted octanol–water partition coefficient (Wildman–Crippen LogP) is 3.27. The Balaban J connectivity index is 2.01. The zero-order valence-electron chi connectivity index (χ0n) is 17.5. The fourth-order valence-corrected chi connectivity index (χ4v) is 4.04. The van der Waals surface area contributed by atoms with E-state index in [0.29, 0.717) is 11.5 Å². The average Bonchev–Trinajstić information content (AvgIpc) is 2.70. The lowest BCUT2D eigenvalue weighted by atomic mass is 10.1. The molecule has 0 saturated heterocycles. The van der Waals surface area contributed by atoms with Crippen molar-refractivity contribution in [3.05, 3.63) is 53.8 Å². The smallest absolute Gasteiger partial charge is 0.232 e. The molecule has 0 fully saturated rings. The zero-order chi connectivity index (χ0) is 22.3. The van der Waals surface area contributed by atoms with Gasteiger partial charge in [0.2, 0.25) is 15.9 Å². The Bertz CT molecular complexity index is 981. The van der Waals surface area contributed by atoms with E-state index in [0.717, 1.165) is 16.1 Å². The Labute approximate surface area is 176 Å². The summed E-state index contributed by atoms with van der Waals surface area (Å²) in [4.78, 5) is 12.4. The van der Waals surface area contributed by atoms with Gasteiger partial charge < -0.3 is 14.8 Å². The van der Waals surface area contributed by atoms with E-state index < -0.39 is 15.8 Å². The number of rotatable bonds is 10. The largest absolute Gasteiger partial charge is 0.497 e. The van der Waals surface area contributed by atoms with E-state index in [4.69, 9.17) is 9.47 Å². The maximum absolute atomic E-state index is 14.0. The van der Waals surface area contributed by atoms with Crippen LogP contribution >= 0.6 is 0 Å². The molecule has 9 heteroatoms. The van der Waals surface area contributed by atoms with Crippen molar-refractivity contribution in [2.75, 3.05) is 31.3 Å².